The van der Waals surface area contributed by atoms with Crippen LogP contribution in [0, 0.1) is 0 Å². The lowest BCUT2D eigenvalue weighted by Crippen LogP contribution is -2.52. The van der Waals surface area contributed by atoms with Crippen molar-refractivity contribution in [2.24, 2.45) is 5.73 Å². The Labute approximate surface area is 144 Å². The molecule has 1 aliphatic rings. The van der Waals surface area contributed by atoms with Gasteiger partial charge in [0.15, 0.2) is 0 Å². The summed E-state index contributed by atoms with van der Waals surface area (Å²) < 4.78 is 5.08. The number of hydrogen-bond acceptors (Lipinski definition) is 7. The Morgan fingerprint density at radius 2 is 1.71 bits per heavy atom. The molecule has 0 aromatic rings. The number of unbranched alkanes of at least 4 members (excludes halogenated alkanes) is 1. The second kappa shape index (κ2) is 11.0. The standard InChI is InChI=1S/C15H32BN3O5/c1-24-13-12-19-10-8-18(9-11-19)7-5-15(17,14(20)21)4-2-3-6-16(22)23/h22-23H,2-13,17H2,1H3,(H,20,21). The van der Waals surface area contributed by atoms with Crippen molar-refractivity contribution >= 4 is 13.1 Å². The predicted molar refractivity (Wildman–Crippen MR) is 92.8 cm³/mol. The van der Waals surface area contributed by atoms with Crippen molar-refractivity contribution < 1.29 is 24.7 Å². The number of piperazine rings is 1. The lowest BCUT2D eigenvalue weighted by Gasteiger charge is -2.36. The van der Waals surface area contributed by atoms with E-state index < -0.39 is 18.6 Å². The van der Waals surface area contributed by atoms with E-state index in [1.54, 1.807) is 7.11 Å². The van der Waals surface area contributed by atoms with Gasteiger partial charge in [-0.1, -0.05) is 12.8 Å². The molecule has 0 aliphatic carbocycles. The highest BCUT2D eigenvalue weighted by atomic mass is 16.5. The molecule has 1 saturated heterocycles. The van der Waals surface area contributed by atoms with Crippen molar-refractivity contribution in [1.29, 1.82) is 0 Å². The number of ether oxygens (including phenoxy) is 1. The summed E-state index contributed by atoms with van der Waals surface area (Å²) in [6.07, 6.45) is 2.14. The van der Waals surface area contributed by atoms with Crippen molar-refractivity contribution in [2.45, 2.75) is 37.5 Å². The zero-order valence-corrected chi connectivity index (χ0v) is 14.7. The van der Waals surface area contributed by atoms with E-state index >= 15 is 0 Å². The van der Waals surface area contributed by atoms with Crippen LogP contribution in [0.1, 0.15) is 25.7 Å². The first-order valence-corrected chi connectivity index (χ1v) is 8.69. The highest BCUT2D eigenvalue weighted by Gasteiger charge is 2.34. The zero-order valence-electron chi connectivity index (χ0n) is 14.7. The molecule has 1 rings (SSSR count). The molecule has 1 atom stereocenters. The van der Waals surface area contributed by atoms with Crippen LogP contribution in [-0.4, -0.2) is 96.6 Å². The molecule has 0 spiro atoms. The zero-order chi connectivity index (χ0) is 18.0. The van der Waals surface area contributed by atoms with Gasteiger partial charge in [-0.25, -0.2) is 0 Å². The Kier molecular flexibility index (Phi) is 9.79. The summed E-state index contributed by atoms with van der Waals surface area (Å²) in [6, 6.07) is 0. The second-order valence-corrected chi connectivity index (χ2v) is 6.61. The number of carbonyl (C=O) groups is 1. The Morgan fingerprint density at radius 3 is 2.21 bits per heavy atom. The average Bonchev–Trinajstić information content (AvgIpc) is 2.55. The van der Waals surface area contributed by atoms with Gasteiger partial charge >= 0.3 is 13.1 Å². The van der Waals surface area contributed by atoms with Gasteiger partial charge in [0.1, 0.15) is 5.54 Å². The summed E-state index contributed by atoms with van der Waals surface area (Å²) in [6.45, 7) is 6.07. The molecule has 5 N–H and O–H groups in total. The maximum Gasteiger partial charge on any atom is 0.451 e. The van der Waals surface area contributed by atoms with Crippen LogP contribution in [0.25, 0.3) is 0 Å². The Balaban J connectivity index is 2.31. The van der Waals surface area contributed by atoms with Crippen molar-refractivity contribution in [3.8, 4) is 0 Å². The van der Waals surface area contributed by atoms with Crippen LogP contribution < -0.4 is 5.73 Å². The van der Waals surface area contributed by atoms with E-state index in [1.165, 1.54) is 0 Å². The maximum absolute atomic E-state index is 11.5. The number of aliphatic carboxylic acids is 1. The van der Waals surface area contributed by atoms with E-state index in [4.69, 9.17) is 20.5 Å². The van der Waals surface area contributed by atoms with Crippen LogP contribution in [0.4, 0.5) is 0 Å². The van der Waals surface area contributed by atoms with Crippen molar-refractivity contribution in [1.82, 2.24) is 9.80 Å². The Morgan fingerprint density at radius 1 is 1.12 bits per heavy atom. The molecule has 0 radical (unpaired) electrons. The van der Waals surface area contributed by atoms with Gasteiger partial charge in [-0.15, -0.1) is 0 Å². The third-order valence-corrected chi connectivity index (χ3v) is 4.71. The van der Waals surface area contributed by atoms with Gasteiger partial charge in [-0.2, -0.15) is 0 Å². The fourth-order valence-electron chi connectivity index (χ4n) is 2.92. The van der Waals surface area contributed by atoms with E-state index in [9.17, 15) is 9.90 Å². The Hall–Kier alpha value is -0.705. The third kappa shape index (κ3) is 7.91. The summed E-state index contributed by atoms with van der Waals surface area (Å²) in [5.41, 5.74) is 4.85. The average molecular weight is 345 g/mol. The van der Waals surface area contributed by atoms with E-state index in [1.807, 2.05) is 0 Å². The molecule has 1 heterocycles. The molecule has 9 heteroatoms. The molecular weight excluding hydrogens is 313 g/mol. The first-order chi connectivity index (χ1) is 11.4. The van der Waals surface area contributed by atoms with Crippen LogP contribution in [0.5, 0.6) is 0 Å². The van der Waals surface area contributed by atoms with E-state index in [-0.39, 0.29) is 6.32 Å². The van der Waals surface area contributed by atoms with Crippen LogP contribution >= 0.6 is 0 Å². The van der Waals surface area contributed by atoms with Crippen molar-refractivity contribution in [3.63, 3.8) is 0 Å². The minimum Gasteiger partial charge on any atom is -0.480 e. The lowest BCUT2D eigenvalue weighted by atomic mass is 9.81. The summed E-state index contributed by atoms with van der Waals surface area (Å²) in [5, 5.41) is 27.1. The van der Waals surface area contributed by atoms with Crippen molar-refractivity contribution in [2.75, 3.05) is 53.0 Å². The molecule has 140 valence electrons. The number of carboxylic acids is 1. The number of nitrogens with two attached hydrogens (primary N) is 1. The molecule has 8 nitrogen and oxygen atoms in total. The Bertz CT molecular complexity index is 367. The third-order valence-electron chi connectivity index (χ3n) is 4.71. The van der Waals surface area contributed by atoms with Gasteiger partial charge in [-0.3, -0.25) is 9.69 Å². The molecule has 0 saturated carbocycles. The van der Waals surface area contributed by atoms with Crippen LogP contribution in [0.3, 0.4) is 0 Å². The van der Waals surface area contributed by atoms with Crippen LogP contribution in [-0.2, 0) is 9.53 Å². The van der Waals surface area contributed by atoms with Crippen molar-refractivity contribution in [3.05, 3.63) is 0 Å². The SMILES string of the molecule is COCCN1CCN(CCC(N)(CCCCB(O)O)C(=O)O)CC1. The highest BCUT2D eigenvalue weighted by Crippen LogP contribution is 2.19. The van der Waals surface area contributed by atoms with Gasteiger partial charge in [0.25, 0.3) is 0 Å². The van der Waals surface area contributed by atoms with E-state index in [0.717, 1.165) is 39.3 Å². The normalized spacial score (nSPS) is 19.2. The predicted octanol–water partition coefficient (Wildman–Crippen LogP) is -0.934. The van der Waals surface area contributed by atoms with E-state index in [0.29, 0.717) is 32.2 Å². The minimum atomic E-state index is -1.34. The van der Waals surface area contributed by atoms with Crippen LogP contribution in [0.15, 0.2) is 0 Å². The first kappa shape index (κ1) is 21.3. The molecular formula is C15H32BN3O5. The number of methoxy groups -OCH3 is 1. The molecule has 1 fully saturated rings. The molecule has 0 aromatic heterocycles. The fourth-order valence-corrected chi connectivity index (χ4v) is 2.92. The highest BCUT2D eigenvalue weighted by molar-refractivity contribution is 6.40. The van der Waals surface area contributed by atoms with Gasteiger partial charge < -0.3 is 30.5 Å². The fraction of sp³-hybridized carbons (Fsp3) is 0.933. The quantitative estimate of drug-likeness (QED) is 0.264. The molecule has 0 aromatic carbocycles. The monoisotopic (exact) mass is 345 g/mol. The molecule has 0 bridgehead atoms. The summed E-state index contributed by atoms with van der Waals surface area (Å²) in [4.78, 5) is 16.1. The molecule has 1 aliphatic heterocycles. The lowest BCUT2D eigenvalue weighted by molar-refractivity contribution is -0.144. The van der Waals surface area contributed by atoms with Gasteiger partial charge in [0, 0.05) is 46.4 Å². The maximum atomic E-state index is 11.5. The number of hydrogen-bond donors (Lipinski definition) is 4. The first-order valence-electron chi connectivity index (χ1n) is 8.69. The summed E-state index contributed by atoms with van der Waals surface area (Å²) >= 11 is 0. The second-order valence-electron chi connectivity index (χ2n) is 6.61. The molecule has 1 unspecified atom stereocenters. The smallest absolute Gasteiger partial charge is 0.451 e. The number of carboxylic acid groups (broad SMARTS) is 1. The molecule has 0 amide bonds. The summed E-state index contributed by atoms with van der Waals surface area (Å²) in [7, 11) is 0.362. The topological polar surface area (TPSA) is 119 Å². The number of rotatable bonds is 12. The van der Waals surface area contributed by atoms with Gasteiger partial charge in [-0.05, 0) is 19.2 Å². The van der Waals surface area contributed by atoms with Crippen LogP contribution in [0.2, 0.25) is 6.32 Å². The van der Waals surface area contributed by atoms with E-state index in [2.05, 4.69) is 9.80 Å². The van der Waals surface area contributed by atoms with Gasteiger partial charge in [0.05, 0.1) is 6.61 Å². The number of nitrogens with zero attached hydrogens (tertiary/aromatic N) is 2. The summed E-state index contributed by atoms with van der Waals surface area (Å²) in [5.74, 6) is -0.981. The minimum absolute atomic E-state index is 0.249. The van der Waals surface area contributed by atoms with Gasteiger partial charge in [0.2, 0.25) is 0 Å². The largest absolute Gasteiger partial charge is 0.480 e. The molecule has 24 heavy (non-hydrogen) atoms.